The lowest BCUT2D eigenvalue weighted by molar-refractivity contribution is -0.118. The van der Waals surface area contributed by atoms with Crippen molar-refractivity contribution in [2.75, 3.05) is 40.4 Å². The summed E-state index contributed by atoms with van der Waals surface area (Å²) < 4.78 is 32.7. The molecule has 0 bridgehead atoms. The van der Waals surface area contributed by atoms with Gasteiger partial charge in [-0.3, -0.25) is 9.59 Å². The minimum atomic E-state index is -0.334. The van der Waals surface area contributed by atoms with Crippen molar-refractivity contribution in [3.63, 3.8) is 0 Å². The number of carbonyl (C=O) groups is 2. The molecule has 1 N–H and O–H groups in total. The van der Waals surface area contributed by atoms with Crippen LogP contribution in [0.15, 0.2) is 60.4 Å². The van der Waals surface area contributed by atoms with Crippen LogP contribution < -0.4 is 33.7 Å². The molecule has 0 spiro atoms. The molecule has 0 fully saturated rings. The summed E-state index contributed by atoms with van der Waals surface area (Å²) in [6, 6.07) is 15.2. The van der Waals surface area contributed by atoms with E-state index in [-0.39, 0.29) is 24.1 Å². The molecule has 0 radical (unpaired) electrons. The summed E-state index contributed by atoms with van der Waals surface area (Å²) in [5.41, 5.74) is 1.58. The van der Waals surface area contributed by atoms with Crippen LogP contribution in [0.4, 0.5) is 5.69 Å². The zero-order valence-electron chi connectivity index (χ0n) is 20.2. The van der Waals surface area contributed by atoms with E-state index >= 15 is 0 Å². The van der Waals surface area contributed by atoms with E-state index in [1.807, 2.05) is 0 Å². The summed E-state index contributed by atoms with van der Waals surface area (Å²) in [7, 11) is 6.10. The second kappa shape index (κ2) is 10.7. The Labute approximate surface area is 208 Å². The zero-order valence-corrected chi connectivity index (χ0v) is 20.2. The number of allylic oxidation sites excluding steroid dienone is 1. The third-order valence-corrected chi connectivity index (χ3v) is 5.41. The fourth-order valence-corrected chi connectivity index (χ4v) is 3.66. The molecule has 36 heavy (non-hydrogen) atoms. The first-order chi connectivity index (χ1) is 17.5. The van der Waals surface area contributed by atoms with E-state index in [0.717, 1.165) is 0 Å². The van der Waals surface area contributed by atoms with Gasteiger partial charge in [0.05, 0.1) is 34.0 Å². The molecule has 0 aromatic heterocycles. The van der Waals surface area contributed by atoms with E-state index in [1.54, 1.807) is 67.8 Å². The second-order valence-corrected chi connectivity index (χ2v) is 7.59. The third kappa shape index (κ3) is 5.05. The molecule has 1 amide bonds. The molecule has 9 heteroatoms. The quantitative estimate of drug-likeness (QED) is 0.441. The van der Waals surface area contributed by atoms with Crippen molar-refractivity contribution in [1.29, 1.82) is 0 Å². The van der Waals surface area contributed by atoms with E-state index in [4.69, 9.17) is 28.4 Å². The van der Waals surface area contributed by atoms with E-state index in [1.165, 1.54) is 21.3 Å². The van der Waals surface area contributed by atoms with Crippen LogP contribution in [-0.4, -0.2) is 46.7 Å². The molecule has 4 rings (SSSR count). The molecular formula is C27H25NO8. The van der Waals surface area contributed by atoms with Crippen molar-refractivity contribution in [3.8, 4) is 34.5 Å². The first-order valence-electron chi connectivity index (χ1n) is 10.9. The number of ether oxygens (including phenoxy) is 6. The maximum Gasteiger partial charge on any atom is 0.262 e. The van der Waals surface area contributed by atoms with Crippen LogP contribution in [0.2, 0.25) is 0 Å². The maximum atomic E-state index is 12.9. The van der Waals surface area contributed by atoms with Crippen molar-refractivity contribution >= 4 is 23.5 Å². The molecule has 3 aromatic rings. The van der Waals surface area contributed by atoms with Crippen LogP contribution in [0.25, 0.3) is 6.08 Å². The Morgan fingerprint density at radius 3 is 2.25 bits per heavy atom. The van der Waals surface area contributed by atoms with Crippen molar-refractivity contribution in [2.45, 2.75) is 0 Å². The van der Waals surface area contributed by atoms with Crippen molar-refractivity contribution in [2.24, 2.45) is 0 Å². The number of methoxy groups -OCH3 is 4. The van der Waals surface area contributed by atoms with E-state index in [0.29, 0.717) is 51.3 Å². The molecule has 1 aliphatic rings. The number of nitrogens with one attached hydrogen (secondary N) is 1. The van der Waals surface area contributed by atoms with Crippen molar-refractivity contribution in [1.82, 2.24) is 0 Å². The van der Waals surface area contributed by atoms with E-state index in [2.05, 4.69) is 5.32 Å². The summed E-state index contributed by atoms with van der Waals surface area (Å²) in [5.74, 6) is 2.21. The fraction of sp³-hybridized carbons (Fsp3) is 0.185. The topological polar surface area (TPSA) is 102 Å². The minimum Gasteiger partial charge on any atom is -0.497 e. The summed E-state index contributed by atoms with van der Waals surface area (Å²) in [5, 5.41) is 2.74. The highest BCUT2D eigenvalue weighted by Crippen LogP contribution is 2.42. The average Bonchev–Trinajstić information content (AvgIpc) is 3.21. The largest absolute Gasteiger partial charge is 0.497 e. The van der Waals surface area contributed by atoms with Gasteiger partial charge in [0.15, 0.2) is 23.9 Å². The lowest BCUT2D eigenvalue weighted by atomic mass is 10.1. The SMILES string of the molecule is COc1ccc(NC(=O)COc2ccc3c(c2)OC(=Cc2ccc(OC)c(OC)c2OC)C3=O)cc1. The van der Waals surface area contributed by atoms with Gasteiger partial charge in [-0.2, -0.15) is 0 Å². The monoisotopic (exact) mass is 491 g/mol. The summed E-state index contributed by atoms with van der Waals surface area (Å²) in [4.78, 5) is 25.1. The van der Waals surface area contributed by atoms with Gasteiger partial charge in [0.2, 0.25) is 11.5 Å². The van der Waals surface area contributed by atoms with Gasteiger partial charge in [-0.1, -0.05) is 0 Å². The number of hydrogen-bond acceptors (Lipinski definition) is 8. The van der Waals surface area contributed by atoms with Crippen molar-refractivity contribution in [3.05, 3.63) is 71.5 Å². The highest BCUT2D eigenvalue weighted by molar-refractivity contribution is 6.14. The van der Waals surface area contributed by atoms with Gasteiger partial charge in [-0.05, 0) is 54.6 Å². The fourth-order valence-electron chi connectivity index (χ4n) is 3.66. The molecule has 186 valence electrons. The van der Waals surface area contributed by atoms with Gasteiger partial charge in [0, 0.05) is 17.3 Å². The molecule has 9 nitrogen and oxygen atoms in total. The second-order valence-electron chi connectivity index (χ2n) is 7.59. The maximum absolute atomic E-state index is 12.9. The van der Waals surface area contributed by atoms with Crippen LogP contribution in [0.1, 0.15) is 15.9 Å². The summed E-state index contributed by atoms with van der Waals surface area (Å²) >= 11 is 0. The van der Waals surface area contributed by atoms with Gasteiger partial charge >= 0.3 is 0 Å². The number of amides is 1. The highest BCUT2D eigenvalue weighted by atomic mass is 16.5. The number of carbonyl (C=O) groups excluding carboxylic acids is 2. The number of fused-ring (bicyclic) bond motifs is 1. The number of ketones is 1. The molecule has 0 saturated carbocycles. The predicted octanol–water partition coefficient (Wildman–Crippen LogP) is 4.35. The standard InChI is InChI=1S/C27H25NO8/c1-31-18-8-6-17(7-9-18)28-24(29)15-35-19-10-11-20-22(14-19)36-23(25(20)30)13-16-5-12-21(32-2)27(34-4)26(16)33-3/h5-14H,15H2,1-4H3,(H,28,29). The van der Waals surface area contributed by atoms with E-state index < -0.39 is 0 Å². The smallest absolute Gasteiger partial charge is 0.262 e. The number of hydrogen-bond donors (Lipinski definition) is 1. The Balaban J connectivity index is 1.46. The molecule has 0 saturated heterocycles. The van der Waals surface area contributed by atoms with Crippen molar-refractivity contribution < 1.29 is 38.0 Å². The van der Waals surface area contributed by atoms with Gasteiger partial charge in [-0.15, -0.1) is 0 Å². The number of Topliss-reactive ketones (excluding diaryl/α,β-unsaturated/α-hetero) is 1. The lowest BCUT2D eigenvalue weighted by Crippen LogP contribution is -2.20. The Hall–Kier alpha value is -4.66. The van der Waals surface area contributed by atoms with Gasteiger partial charge < -0.3 is 33.7 Å². The Morgan fingerprint density at radius 2 is 1.58 bits per heavy atom. The van der Waals surface area contributed by atoms with Crippen LogP contribution in [0, 0.1) is 0 Å². The number of benzene rings is 3. The third-order valence-electron chi connectivity index (χ3n) is 5.41. The number of rotatable bonds is 9. The first kappa shape index (κ1) is 24.5. The lowest BCUT2D eigenvalue weighted by Gasteiger charge is -2.14. The van der Waals surface area contributed by atoms with E-state index in [9.17, 15) is 9.59 Å². The van der Waals surface area contributed by atoms with Crippen LogP contribution in [0.3, 0.4) is 0 Å². The van der Waals surface area contributed by atoms with Gasteiger partial charge in [0.25, 0.3) is 5.91 Å². The average molecular weight is 491 g/mol. The molecule has 3 aromatic carbocycles. The minimum absolute atomic E-state index is 0.116. The highest BCUT2D eigenvalue weighted by Gasteiger charge is 2.29. The van der Waals surface area contributed by atoms with Crippen LogP contribution in [0.5, 0.6) is 34.5 Å². The Kier molecular flexibility index (Phi) is 7.29. The van der Waals surface area contributed by atoms with Crippen LogP contribution in [-0.2, 0) is 4.79 Å². The van der Waals surface area contributed by atoms with Crippen LogP contribution >= 0.6 is 0 Å². The first-order valence-corrected chi connectivity index (χ1v) is 10.9. The predicted molar refractivity (Wildman–Crippen MR) is 133 cm³/mol. The Morgan fingerprint density at radius 1 is 0.861 bits per heavy atom. The summed E-state index contributed by atoms with van der Waals surface area (Å²) in [6.45, 7) is -0.218. The normalized spacial score (nSPS) is 13.0. The zero-order chi connectivity index (χ0) is 25.7. The molecule has 0 unspecified atom stereocenters. The Bertz CT molecular complexity index is 1310. The molecule has 1 aliphatic heterocycles. The molecule has 0 aliphatic carbocycles. The molecule has 0 atom stereocenters. The summed E-state index contributed by atoms with van der Waals surface area (Å²) in [6.07, 6.45) is 1.58. The van der Waals surface area contributed by atoms with Gasteiger partial charge in [0.1, 0.15) is 17.2 Å². The number of anilines is 1. The molecule has 1 heterocycles. The molecular weight excluding hydrogens is 466 g/mol. The van der Waals surface area contributed by atoms with Gasteiger partial charge in [-0.25, -0.2) is 0 Å².